The van der Waals surface area contributed by atoms with Gasteiger partial charge in [0.15, 0.2) is 9.04 Å². The van der Waals surface area contributed by atoms with E-state index < -0.39 is 15.0 Å². The van der Waals surface area contributed by atoms with Crippen molar-refractivity contribution in [1.29, 1.82) is 0 Å². The van der Waals surface area contributed by atoms with E-state index in [-0.39, 0.29) is 0 Å². The molecule has 0 bridgehead atoms. The number of carbonyl (C=O) groups is 1. The minimum absolute atomic E-state index is 0.342. The van der Waals surface area contributed by atoms with Crippen molar-refractivity contribution < 1.29 is 19.7 Å². The van der Waals surface area contributed by atoms with E-state index in [1.165, 1.54) is 83.5 Å². The monoisotopic (exact) mass is 376 g/mol. The molecule has 0 aliphatic heterocycles. The van der Waals surface area contributed by atoms with Gasteiger partial charge in [0.05, 0.1) is 0 Å². The Morgan fingerprint density at radius 2 is 1.00 bits per heavy atom. The van der Waals surface area contributed by atoms with Crippen LogP contribution >= 0.6 is 0 Å². The molecule has 0 saturated heterocycles. The average molecular weight is 377 g/mol. The Kier molecular flexibility index (Phi) is 25.3. The van der Waals surface area contributed by atoms with E-state index >= 15 is 0 Å². The molecule has 2 N–H and O–H groups in total. The first kappa shape index (κ1) is 26.8. The van der Waals surface area contributed by atoms with Gasteiger partial charge < -0.3 is 9.68 Å². The molecule has 0 aromatic carbocycles. The molecule has 0 spiro atoms. The van der Waals surface area contributed by atoms with Crippen LogP contribution in [0.3, 0.4) is 0 Å². The van der Waals surface area contributed by atoms with Crippen LogP contribution in [0, 0.1) is 0 Å². The third-order valence-electron chi connectivity index (χ3n) is 4.09. The molecule has 5 heteroatoms. The van der Waals surface area contributed by atoms with Gasteiger partial charge in [0.2, 0.25) is 0 Å². The summed E-state index contributed by atoms with van der Waals surface area (Å²) in [7, 11) is -1.14. The fourth-order valence-electron chi connectivity index (χ4n) is 2.69. The van der Waals surface area contributed by atoms with Crippen LogP contribution in [0.2, 0.25) is 13.1 Å². The van der Waals surface area contributed by atoms with E-state index in [0.29, 0.717) is 6.42 Å². The summed E-state index contributed by atoms with van der Waals surface area (Å²) < 4.78 is 0. The Morgan fingerprint density at radius 1 is 0.720 bits per heavy atom. The molecule has 0 aliphatic carbocycles. The van der Waals surface area contributed by atoms with E-state index in [9.17, 15) is 4.79 Å². The molecule has 0 rings (SSSR count). The predicted molar refractivity (Wildman–Crippen MR) is 109 cm³/mol. The van der Waals surface area contributed by atoms with E-state index in [1.807, 2.05) is 13.1 Å². The zero-order chi connectivity index (χ0) is 19.2. The second-order valence-electron chi connectivity index (χ2n) is 7.26. The van der Waals surface area contributed by atoms with E-state index in [4.69, 9.17) is 10.1 Å². The molecule has 152 valence electrons. The van der Waals surface area contributed by atoms with Crippen molar-refractivity contribution in [1.82, 2.24) is 0 Å². The highest BCUT2D eigenvalue weighted by molar-refractivity contribution is 6.46. The maximum Gasteiger partial charge on any atom is 0.342 e. The second kappa shape index (κ2) is 23.6. The first-order valence-corrected chi connectivity index (χ1v) is 13.4. The molecule has 0 unspecified atom stereocenters. The fourth-order valence-corrected chi connectivity index (χ4v) is 2.69. The number of unbranched alkanes of at least 4 members (excludes halogenated alkanes) is 14. The summed E-state index contributed by atoms with van der Waals surface area (Å²) in [6.45, 7) is 5.99. The summed E-state index contributed by atoms with van der Waals surface area (Å²) in [6.07, 6.45) is 20.0. The van der Waals surface area contributed by atoms with Gasteiger partial charge in [-0.05, 0) is 19.5 Å². The largest absolute Gasteiger partial charge is 0.435 e. The van der Waals surface area contributed by atoms with Gasteiger partial charge in [0, 0.05) is 6.42 Å². The van der Waals surface area contributed by atoms with Crippen molar-refractivity contribution >= 4 is 15.0 Å². The van der Waals surface area contributed by atoms with Gasteiger partial charge in [-0.2, -0.15) is 5.26 Å². The maximum absolute atomic E-state index is 10.7. The molecule has 0 aromatic rings. The minimum atomic E-state index is -1.14. The normalized spacial score (nSPS) is 10.5. The standard InChI is InChI=1S/C18H36O3.C2H8OSi/c1-2-3-4-5-6-7-8-9-10-11-12-13-14-15-16-17-18(19)21-20;1-4(2)3/h20H,2-17H2,1H3;3-4H,1-2H3. The van der Waals surface area contributed by atoms with Gasteiger partial charge in [0.1, 0.15) is 0 Å². The van der Waals surface area contributed by atoms with Gasteiger partial charge >= 0.3 is 5.97 Å². The summed E-state index contributed by atoms with van der Waals surface area (Å²) in [5.74, 6) is -0.510. The highest BCUT2D eigenvalue weighted by Crippen LogP contribution is 2.13. The summed E-state index contributed by atoms with van der Waals surface area (Å²) in [5, 5.41) is 8.10. The van der Waals surface area contributed by atoms with Crippen LogP contribution in [0.4, 0.5) is 0 Å². The molecule has 0 saturated carbocycles. The summed E-state index contributed by atoms with van der Waals surface area (Å²) in [6, 6.07) is 0. The smallest absolute Gasteiger partial charge is 0.342 e. The zero-order valence-electron chi connectivity index (χ0n) is 17.1. The van der Waals surface area contributed by atoms with E-state index in [2.05, 4.69) is 11.8 Å². The average Bonchev–Trinajstić information content (AvgIpc) is 2.57. The second-order valence-corrected chi connectivity index (χ2v) is 9.44. The molecule has 0 radical (unpaired) electrons. The van der Waals surface area contributed by atoms with Crippen LogP contribution in [0.1, 0.15) is 110 Å². The van der Waals surface area contributed by atoms with E-state index in [1.54, 1.807) is 0 Å². The molecule has 25 heavy (non-hydrogen) atoms. The third kappa shape index (κ3) is 31.8. The van der Waals surface area contributed by atoms with Crippen molar-refractivity contribution in [2.45, 2.75) is 123 Å². The lowest BCUT2D eigenvalue weighted by atomic mass is 10.0. The van der Waals surface area contributed by atoms with Crippen molar-refractivity contribution in [2.24, 2.45) is 0 Å². The predicted octanol–water partition coefficient (Wildman–Crippen LogP) is 6.23. The number of hydrogen-bond acceptors (Lipinski definition) is 4. The van der Waals surface area contributed by atoms with Crippen LogP contribution in [0.15, 0.2) is 0 Å². The molecule has 0 atom stereocenters. The Balaban J connectivity index is 0. The Morgan fingerprint density at radius 3 is 1.28 bits per heavy atom. The summed E-state index contributed by atoms with van der Waals surface area (Å²) >= 11 is 0. The molecule has 0 fully saturated rings. The lowest BCUT2D eigenvalue weighted by Crippen LogP contribution is -1.99. The first-order chi connectivity index (χ1) is 12.0. The Labute approximate surface area is 158 Å². The fraction of sp³-hybridized carbons (Fsp3) is 0.950. The highest BCUT2D eigenvalue weighted by atomic mass is 28.3. The first-order valence-electron chi connectivity index (χ1n) is 10.6. The van der Waals surface area contributed by atoms with Crippen LogP contribution in [0.25, 0.3) is 0 Å². The molecule has 0 amide bonds. The minimum Gasteiger partial charge on any atom is -0.435 e. The Bertz CT molecular complexity index is 257. The molecular weight excluding hydrogens is 332 g/mol. The number of hydrogen-bond donors (Lipinski definition) is 2. The summed E-state index contributed by atoms with van der Waals surface area (Å²) in [4.78, 5) is 22.5. The molecule has 4 nitrogen and oxygen atoms in total. The third-order valence-corrected chi connectivity index (χ3v) is 4.09. The molecular formula is C20H44O4Si. The summed E-state index contributed by atoms with van der Waals surface area (Å²) in [5.41, 5.74) is 0. The van der Waals surface area contributed by atoms with Gasteiger partial charge in [-0.15, -0.1) is 0 Å². The Hall–Kier alpha value is -0.393. The number of carbonyl (C=O) groups excluding carboxylic acids is 1. The molecule has 0 heterocycles. The molecule has 0 aromatic heterocycles. The van der Waals surface area contributed by atoms with Crippen LogP contribution in [-0.4, -0.2) is 25.1 Å². The SMILES string of the molecule is CCCCCCCCCCCCCCCCCC(=O)OO.C[SiH](C)O. The quantitative estimate of drug-likeness (QED) is 0.145. The van der Waals surface area contributed by atoms with Gasteiger partial charge in [-0.25, -0.2) is 4.79 Å². The number of rotatable bonds is 16. The van der Waals surface area contributed by atoms with Crippen LogP contribution in [0.5, 0.6) is 0 Å². The van der Waals surface area contributed by atoms with Crippen molar-refractivity contribution in [3.8, 4) is 0 Å². The highest BCUT2D eigenvalue weighted by Gasteiger charge is 2.00. The van der Waals surface area contributed by atoms with Gasteiger partial charge in [-0.1, -0.05) is 96.8 Å². The van der Waals surface area contributed by atoms with Crippen molar-refractivity contribution in [2.75, 3.05) is 0 Å². The van der Waals surface area contributed by atoms with Crippen molar-refractivity contribution in [3.05, 3.63) is 0 Å². The van der Waals surface area contributed by atoms with Crippen LogP contribution in [-0.2, 0) is 9.68 Å². The zero-order valence-corrected chi connectivity index (χ0v) is 18.3. The topological polar surface area (TPSA) is 66.8 Å². The lowest BCUT2D eigenvalue weighted by Gasteiger charge is -2.03. The maximum atomic E-state index is 10.7. The lowest BCUT2D eigenvalue weighted by molar-refractivity contribution is -0.234. The van der Waals surface area contributed by atoms with E-state index in [0.717, 1.165) is 12.8 Å². The van der Waals surface area contributed by atoms with Gasteiger partial charge in [-0.3, -0.25) is 0 Å². The molecule has 0 aliphatic rings. The van der Waals surface area contributed by atoms with Crippen molar-refractivity contribution in [3.63, 3.8) is 0 Å². The van der Waals surface area contributed by atoms with Gasteiger partial charge in [0.25, 0.3) is 0 Å². The van der Waals surface area contributed by atoms with Crippen LogP contribution < -0.4 is 0 Å².